The van der Waals surface area contributed by atoms with Crippen LogP contribution in [0.4, 0.5) is 5.95 Å². The molecule has 10 heteroatoms. The Labute approximate surface area is 168 Å². The van der Waals surface area contributed by atoms with E-state index in [1.54, 1.807) is 6.08 Å². The number of hydrogen-bond donors (Lipinski definition) is 2. The molecule has 0 unspecified atom stereocenters. The highest BCUT2D eigenvalue weighted by atomic mass is 79.9. The van der Waals surface area contributed by atoms with Crippen molar-refractivity contribution in [3.05, 3.63) is 62.8 Å². The minimum Gasteiger partial charge on any atom is -0.395 e. The number of allylic oxidation sites excluding steroid dienone is 1. The zero-order valence-electron chi connectivity index (χ0n) is 15.3. The molecule has 3 aromatic rings. The number of imidazole rings is 1. The molecule has 0 spiro atoms. The quantitative estimate of drug-likeness (QED) is 0.437. The molecule has 0 amide bonds. The van der Waals surface area contributed by atoms with Gasteiger partial charge in [-0.3, -0.25) is 13.9 Å². The van der Waals surface area contributed by atoms with Crippen molar-refractivity contribution in [1.82, 2.24) is 18.7 Å². The van der Waals surface area contributed by atoms with E-state index in [0.717, 1.165) is 14.6 Å². The van der Waals surface area contributed by atoms with Gasteiger partial charge in [0.05, 0.1) is 6.61 Å². The zero-order valence-corrected chi connectivity index (χ0v) is 16.9. The molecular formula is C18H19BrN6O3. The summed E-state index contributed by atoms with van der Waals surface area (Å²) in [6, 6.07) is 9.71. The van der Waals surface area contributed by atoms with Gasteiger partial charge < -0.3 is 9.67 Å². The second-order valence-corrected chi connectivity index (χ2v) is 6.81. The van der Waals surface area contributed by atoms with E-state index in [2.05, 4.69) is 31.4 Å². The number of hydrazone groups is 1. The molecule has 0 saturated carbocycles. The van der Waals surface area contributed by atoms with Gasteiger partial charge in [0.1, 0.15) is 0 Å². The molecule has 9 nitrogen and oxygen atoms in total. The van der Waals surface area contributed by atoms with Crippen LogP contribution in [0.2, 0.25) is 0 Å². The lowest BCUT2D eigenvalue weighted by Gasteiger charge is -2.07. The maximum atomic E-state index is 12.5. The van der Waals surface area contributed by atoms with Crippen LogP contribution in [0.25, 0.3) is 15.6 Å². The highest BCUT2D eigenvalue weighted by molar-refractivity contribution is 9.15. The number of aliphatic hydroxyl groups is 1. The summed E-state index contributed by atoms with van der Waals surface area (Å²) >= 11 is 3.48. The third-order valence-corrected chi connectivity index (χ3v) is 4.90. The average Bonchev–Trinajstić information content (AvgIpc) is 3.07. The van der Waals surface area contributed by atoms with Gasteiger partial charge in [0.2, 0.25) is 5.95 Å². The first-order valence-corrected chi connectivity index (χ1v) is 9.22. The SMILES string of the molecule is Cn1c(=O)c2c(nc(N/N=C\C=C(/Br)c3ccccc3)n2CCO)n(C)c1=O. The number of anilines is 1. The number of hydrogen-bond acceptors (Lipinski definition) is 6. The summed E-state index contributed by atoms with van der Waals surface area (Å²) < 4.78 is 4.64. The number of benzene rings is 1. The number of nitrogens with zero attached hydrogens (tertiary/aromatic N) is 5. The minimum absolute atomic E-state index is 0.130. The summed E-state index contributed by atoms with van der Waals surface area (Å²) in [6.45, 7) is -0.0688. The van der Waals surface area contributed by atoms with Crippen molar-refractivity contribution in [3.8, 4) is 0 Å². The van der Waals surface area contributed by atoms with E-state index in [4.69, 9.17) is 0 Å². The van der Waals surface area contributed by atoms with Gasteiger partial charge >= 0.3 is 5.69 Å². The Morgan fingerprint density at radius 1 is 1.25 bits per heavy atom. The highest BCUT2D eigenvalue weighted by Crippen LogP contribution is 2.19. The van der Waals surface area contributed by atoms with Crippen LogP contribution in [-0.2, 0) is 20.6 Å². The first-order valence-electron chi connectivity index (χ1n) is 8.43. The molecular weight excluding hydrogens is 428 g/mol. The molecule has 1 aromatic carbocycles. The van der Waals surface area contributed by atoms with Crippen LogP contribution in [0.5, 0.6) is 0 Å². The largest absolute Gasteiger partial charge is 0.395 e. The van der Waals surface area contributed by atoms with E-state index in [1.165, 1.54) is 29.4 Å². The van der Waals surface area contributed by atoms with Crippen LogP contribution in [0.15, 0.2) is 51.1 Å². The number of aliphatic hydroxyl groups excluding tert-OH is 1. The van der Waals surface area contributed by atoms with Gasteiger partial charge in [0, 0.05) is 31.3 Å². The van der Waals surface area contributed by atoms with Crippen molar-refractivity contribution in [2.75, 3.05) is 12.0 Å². The first kappa shape index (κ1) is 19.8. The fourth-order valence-electron chi connectivity index (χ4n) is 2.74. The van der Waals surface area contributed by atoms with E-state index < -0.39 is 11.2 Å². The topological polar surface area (TPSA) is 106 Å². The third kappa shape index (κ3) is 3.69. The van der Waals surface area contributed by atoms with Gasteiger partial charge in [-0.2, -0.15) is 10.1 Å². The summed E-state index contributed by atoms with van der Waals surface area (Å²) in [6.07, 6.45) is 3.30. The summed E-state index contributed by atoms with van der Waals surface area (Å²) in [5.74, 6) is 0.253. The van der Waals surface area contributed by atoms with Gasteiger partial charge in [0.15, 0.2) is 11.2 Å². The molecule has 0 bridgehead atoms. The average molecular weight is 447 g/mol. The Bertz CT molecular complexity index is 1170. The Morgan fingerprint density at radius 2 is 1.96 bits per heavy atom. The Hall–Kier alpha value is -2.98. The standard InChI is InChI=1S/C18H19BrN6O3/c1-23-15-14(16(27)24(2)18(23)28)25(10-11-26)17(21-15)22-20-9-8-13(19)12-6-4-3-5-7-12/h3-9,26H,10-11H2,1-2H3,(H,21,22)/b13-8-,20-9-. The van der Waals surface area contributed by atoms with E-state index in [0.29, 0.717) is 0 Å². The first-order chi connectivity index (χ1) is 13.5. The summed E-state index contributed by atoms with van der Waals surface area (Å²) in [4.78, 5) is 28.9. The number of halogens is 1. The number of aromatic nitrogens is 4. The van der Waals surface area contributed by atoms with Crippen LogP contribution in [0.3, 0.4) is 0 Å². The lowest BCUT2D eigenvalue weighted by atomic mass is 10.2. The second-order valence-electron chi connectivity index (χ2n) is 5.96. The van der Waals surface area contributed by atoms with Crippen LogP contribution in [0.1, 0.15) is 5.56 Å². The van der Waals surface area contributed by atoms with Crippen molar-refractivity contribution in [2.24, 2.45) is 19.2 Å². The maximum Gasteiger partial charge on any atom is 0.332 e. The lowest BCUT2D eigenvalue weighted by Crippen LogP contribution is -2.37. The van der Waals surface area contributed by atoms with Crippen LogP contribution in [-0.4, -0.2) is 36.6 Å². The third-order valence-electron chi connectivity index (χ3n) is 4.18. The fourth-order valence-corrected chi connectivity index (χ4v) is 3.12. The van der Waals surface area contributed by atoms with Gasteiger partial charge in [-0.05, 0) is 11.6 Å². The second kappa shape index (κ2) is 8.36. The van der Waals surface area contributed by atoms with Crippen molar-refractivity contribution in [2.45, 2.75) is 6.54 Å². The minimum atomic E-state index is -0.484. The summed E-state index contributed by atoms with van der Waals surface area (Å²) in [5.41, 5.74) is 3.25. The van der Waals surface area contributed by atoms with Gasteiger partial charge in [-0.15, -0.1) is 0 Å². The van der Waals surface area contributed by atoms with E-state index >= 15 is 0 Å². The van der Waals surface area contributed by atoms with Crippen LogP contribution >= 0.6 is 15.9 Å². The molecule has 0 atom stereocenters. The van der Waals surface area contributed by atoms with Crippen LogP contribution < -0.4 is 16.7 Å². The Balaban J connectivity index is 1.96. The van der Waals surface area contributed by atoms with Gasteiger partial charge in [0.25, 0.3) is 5.56 Å². The summed E-state index contributed by atoms with van der Waals surface area (Å²) in [7, 11) is 2.94. The molecule has 0 aliphatic carbocycles. The number of nitrogens with one attached hydrogen (secondary N) is 1. The van der Waals surface area contributed by atoms with Crippen molar-refractivity contribution < 1.29 is 5.11 Å². The number of fused-ring (bicyclic) bond motifs is 1. The zero-order chi connectivity index (χ0) is 20.3. The van der Waals surface area contributed by atoms with Crippen molar-refractivity contribution in [3.63, 3.8) is 0 Å². The molecule has 0 saturated heterocycles. The Morgan fingerprint density at radius 3 is 2.64 bits per heavy atom. The van der Waals surface area contributed by atoms with Gasteiger partial charge in [-0.1, -0.05) is 46.3 Å². The molecule has 2 aromatic heterocycles. The highest BCUT2D eigenvalue weighted by Gasteiger charge is 2.18. The van der Waals surface area contributed by atoms with Crippen molar-refractivity contribution >= 4 is 43.7 Å². The Kier molecular flexibility index (Phi) is 5.90. The fraction of sp³-hybridized carbons (Fsp3) is 0.222. The molecule has 2 N–H and O–H groups in total. The normalized spacial score (nSPS) is 12.2. The number of aryl methyl sites for hydroxylation is 1. The van der Waals surface area contributed by atoms with Gasteiger partial charge in [-0.25, -0.2) is 10.2 Å². The molecule has 146 valence electrons. The van der Waals surface area contributed by atoms with Crippen molar-refractivity contribution in [1.29, 1.82) is 0 Å². The molecule has 0 aliphatic rings. The molecule has 3 rings (SSSR count). The van der Waals surface area contributed by atoms with E-state index in [1.807, 2.05) is 30.3 Å². The molecule has 2 heterocycles. The molecule has 0 radical (unpaired) electrons. The van der Waals surface area contributed by atoms with E-state index in [-0.39, 0.29) is 30.3 Å². The molecule has 0 fully saturated rings. The maximum absolute atomic E-state index is 12.5. The summed E-state index contributed by atoms with van der Waals surface area (Å²) in [5, 5.41) is 13.5. The predicted molar refractivity (Wildman–Crippen MR) is 113 cm³/mol. The monoisotopic (exact) mass is 446 g/mol. The molecule has 28 heavy (non-hydrogen) atoms. The smallest absolute Gasteiger partial charge is 0.332 e. The molecule has 0 aliphatic heterocycles. The lowest BCUT2D eigenvalue weighted by molar-refractivity contribution is 0.278. The van der Waals surface area contributed by atoms with Crippen LogP contribution in [0, 0.1) is 0 Å². The predicted octanol–water partition coefficient (Wildman–Crippen LogP) is 1.26. The van der Waals surface area contributed by atoms with E-state index in [9.17, 15) is 14.7 Å². The number of rotatable bonds is 6.